The predicted octanol–water partition coefficient (Wildman–Crippen LogP) is 2.22. The average molecular weight is 205 g/mol. The second-order valence-electron chi connectivity index (χ2n) is 2.85. The Morgan fingerprint density at radius 2 is 2.15 bits per heavy atom. The molecule has 0 bridgehead atoms. The van der Waals surface area contributed by atoms with E-state index in [1.54, 1.807) is 0 Å². The van der Waals surface area contributed by atoms with Crippen molar-refractivity contribution in [3.8, 4) is 0 Å². The summed E-state index contributed by atoms with van der Waals surface area (Å²) in [5.41, 5.74) is 0. The van der Waals surface area contributed by atoms with E-state index in [4.69, 9.17) is 4.74 Å². The Kier molecular flexibility index (Phi) is 9.42. The smallest absolute Gasteiger partial charge is 0.407 e. The molecule has 4 heteroatoms. The zero-order valence-corrected chi connectivity index (χ0v) is 9.11. The molecule has 0 aliphatic carbocycles. The first-order valence-electron chi connectivity index (χ1n) is 4.82. The molecule has 0 aromatic carbocycles. The highest BCUT2D eigenvalue weighted by Gasteiger charge is 1.98. The number of unbranched alkanes of at least 4 members (excludes halogenated alkanes) is 3. The van der Waals surface area contributed by atoms with Gasteiger partial charge in [-0.3, -0.25) is 0 Å². The molecule has 1 amide bonds. The molecular weight excluding hydrogens is 186 g/mol. The number of hydrogen-bond acceptors (Lipinski definition) is 3. The fourth-order valence-electron chi connectivity index (χ4n) is 0.932. The second kappa shape index (κ2) is 9.71. The summed E-state index contributed by atoms with van der Waals surface area (Å²) in [6.45, 7) is 3.25. The van der Waals surface area contributed by atoms with Crippen LogP contribution in [-0.4, -0.2) is 25.0 Å². The summed E-state index contributed by atoms with van der Waals surface area (Å²) in [4.78, 5) is 10.9. The summed E-state index contributed by atoms with van der Waals surface area (Å²) in [5, 5.41) is 2.68. The third-order valence-electron chi connectivity index (χ3n) is 1.62. The van der Waals surface area contributed by atoms with E-state index in [1.165, 1.54) is 19.3 Å². The minimum absolute atomic E-state index is 0.328. The minimum atomic E-state index is -0.328. The van der Waals surface area contributed by atoms with Gasteiger partial charge in [-0.1, -0.05) is 26.2 Å². The number of carbonyl (C=O) groups excluding carboxylic acids is 1. The summed E-state index contributed by atoms with van der Waals surface area (Å²) >= 11 is 3.93. The molecule has 0 saturated heterocycles. The molecule has 3 nitrogen and oxygen atoms in total. The third-order valence-corrected chi connectivity index (χ3v) is 1.81. The van der Waals surface area contributed by atoms with E-state index in [1.807, 2.05) is 0 Å². The molecule has 78 valence electrons. The lowest BCUT2D eigenvalue weighted by molar-refractivity contribution is 0.153. The number of hydrogen-bond donors (Lipinski definition) is 2. The normalized spacial score (nSPS) is 9.69. The van der Waals surface area contributed by atoms with Gasteiger partial charge < -0.3 is 10.1 Å². The van der Waals surface area contributed by atoms with Crippen LogP contribution in [0.4, 0.5) is 4.79 Å². The summed E-state index contributed by atoms with van der Waals surface area (Å²) in [5.74, 6) is 0.573. The zero-order valence-electron chi connectivity index (χ0n) is 8.21. The van der Waals surface area contributed by atoms with Crippen LogP contribution >= 0.6 is 12.6 Å². The van der Waals surface area contributed by atoms with Gasteiger partial charge in [0.05, 0.1) is 0 Å². The Balaban J connectivity index is 3.08. The molecule has 1 N–H and O–H groups in total. The van der Waals surface area contributed by atoms with Crippen molar-refractivity contribution in [2.75, 3.05) is 18.9 Å². The standard InChI is InChI=1S/C9H19NO2S/c1-2-3-4-5-6-10-9(11)12-7-8-13/h13H,2-8H2,1H3,(H,10,11). The Hall–Kier alpha value is -0.380. The van der Waals surface area contributed by atoms with Gasteiger partial charge >= 0.3 is 6.09 Å². The lowest BCUT2D eigenvalue weighted by Crippen LogP contribution is -2.25. The lowest BCUT2D eigenvalue weighted by Gasteiger charge is -2.04. The molecule has 0 aromatic rings. The molecule has 0 heterocycles. The van der Waals surface area contributed by atoms with E-state index in [0.29, 0.717) is 18.9 Å². The number of amides is 1. The largest absolute Gasteiger partial charge is 0.449 e. The van der Waals surface area contributed by atoms with Crippen molar-refractivity contribution < 1.29 is 9.53 Å². The first kappa shape index (κ1) is 12.6. The third kappa shape index (κ3) is 9.53. The number of rotatable bonds is 7. The summed E-state index contributed by atoms with van der Waals surface area (Å²) in [6, 6.07) is 0. The molecule has 0 spiro atoms. The van der Waals surface area contributed by atoms with E-state index in [9.17, 15) is 4.79 Å². The van der Waals surface area contributed by atoms with E-state index >= 15 is 0 Å². The SMILES string of the molecule is CCCCCCNC(=O)OCCS. The molecule has 0 aromatic heterocycles. The van der Waals surface area contributed by atoms with Gasteiger partial charge in [0.25, 0.3) is 0 Å². The molecule has 0 radical (unpaired) electrons. The van der Waals surface area contributed by atoms with Gasteiger partial charge in [-0.2, -0.15) is 12.6 Å². The number of nitrogens with one attached hydrogen (secondary N) is 1. The van der Waals surface area contributed by atoms with Crippen LogP contribution in [0.2, 0.25) is 0 Å². The van der Waals surface area contributed by atoms with Crippen LogP contribution < -0.4 is 5.32 Å². The van der Waals surface area contributed by atoms with Gasteiger partial charge in [0.15, 0.2) is 0 Å². The van der Waals surface area contributed by atoms with Crippen molar-refractivity contribution in [2.24, 2.45) is 0 Å². The van der Waals surface area contributed by atoms with Crippen LogP contribution in [0.5, 0.6) is 0 Å². The van der Waals surface area contributed by atoms with Crippen LogP contribution in [0.1, 0.15) is 32.6 Å². The van der Waals surface area contributed by atoms with Crippen molar-refractivity contribution in [1.82, 2.24) is 5.32 Å². The molecule has 0 rings (SSSR count). The number of alkyl carbamates (subject to hydrolysis) is 1. The molecule has 0 atom stereocenters. The molecular formula is C9H19NO2S. The Morgan fingerprint density at radius 3 is 2.77 bits per heavy atom. The number of carbonyl (C=O) groups is 1. The van der Waals surface area contributed by atoms with Crippen LogP contribution in [0.3, 0.4) is 0 Å². The second-order valence-corrected chi connectivity index (χ2v) is 3.29. The molecule has 0 fully saturated rings. The fourth-order valence-corrected chi connectivity index (χ4v) is 1.02. The van der Waals surface area contributed by atoms with Crippen LogP contribution in [0, 0.1) is 0 Å². The van der Waals surface area contributed by atoms with Crippen LogP contribution in [0.15, 0.2) is 0 Å². The Labute approximate surface area is 85.6 Å². The highest BCUT2D eigenvalue weighted by molar-refractivity contribution is 7.80. The van der Waals surface area contributed by atoms with Crippen molar-refractivity contribution in [3.05, 3.63) is 0 Å². The fraction of sp³-hybridized carbons (Fsp3) is 0.889. The van der Waals surface area contributed by atoms with Crippen molar-refractivity contribution in [1.29, 1.82) is 0 Å². The van der Waals surface area contributed by atoms with Gasteiger partial charge in [-0.25, -0.2) is 4.79 Å². The van der Waals surface area contributed by atoms with Gasteiger partial charge in [-0.15, -0.1) is 0 Å². The molecule has 13 heavy (non-hydrogen) atoms. The van der Waals surface area contributed by atoms with E-state index in [0.717, 1.165) is 6.42 Å². The summed E-state index contributed by atoms with van der Waals surface area (Å²) in [6.07, 6.45) is 4.32. The predicted molar refractivity (Wildman–Crippen MR) is 57.3 cm³/mol. The van der Waals surface area contributed by atoms with E-state index in [2.05, 4.69) is 24.9 Å². The maximum atomic E-state index is 10.9. The maximum absolute atomic E-state index is 10.9. The monoisotopic (exact) mass is 205 g/mol. The van der Waals surface area contributed by atoms with Crippen molar-refractivity contribution in [3.63, 3.8) is 0 Å². The molecule has 0 unspecified atom stereocenters. The van der Waals surface area contributed by atoms with E-state index < -0.39 is 0 Å². The minimum Gasteiger partial charge on any atom is -0.449 e. The first-order valence-corrected chi connectivity index (χ1v) is 5.46. The summed E-state index contributed by atoms with van der Waals surface area (Å²) in [7, 11) is 0. The van der Waals surface area contributed by atoms with Crippen molar-refractivity contribution >= 4 is 18.7 Å². The van der Waals surface area contributed by atoms with Gasteiger partial charge in [-0.05, 0) is 6.42 Å². The summed E-state index contributed by atoms with van der Waals surface area (Å²) < 4.78 is 4.77. The van der Waals surface area contributed by atoms with E-state index in [-0.39, 0.29) is 6.09 Å². The molecule has 0 aliphatic rings. The van der Waals surface area contributed by atoms with Crippen LogP contribution in [0.25, 0.3) is 0 Å². The average Bonchev–Trinajstić information content (AvgIpc) is 2.14. The highest BCUT2D eigenvalue weighted by atomic mass is 32.1. The van der Waals surface area contributed by atoms with Gasteiger partial charge in [0.2, 0.25) is 0 Å². The molecule has 0 saturated carbocycles. The first-order chi connectivity index (χ1) is 6.31. The Morgan fingerprint density at radius 1 is 1.38 bits per heavy atom. The quantitative estimate of drug-likeness (QED) is 0.494. The maximum Gasteiger partial charge on any atom is 0.407 e. The topological polar surface area (TPSA) is 38.3 Å². The van der Waals surface area contributed by atoms with Gasteiger partial charge in [0.1, 0.15) is 6.61 Å². The zero-order chi connectivity index (χ0) is 9.94. The lowest BCUT2D eigenvalue weighted by atomic mass is 10.2. The number of ether oxygens (including phenoxy) is 1. The number of thiol groups is 1. The van der Waals surface area contributed by atoms with Crippen molar-refractivity contribution in [2.45, 2.75) is 32.6 Å². The highest BCUT2D eigenvalue weighted by Crippen LogP contribution is 1.96. The van der Waals surface area contributed by atoms with Crippen LogP contribution in [-0.2, 0) is 4.74 Å². The Bertz CT molecular complexity index is 131. The molecule has 0 aliphatic heterocycles. The van der Waals surface area contributed by atoms with Gasteiger partial charge in [0, 0.05) is 12.3 Å².